The molecule has 1 atom stereocenters. The number of pyridine rings is 1. The van der Waals surface area contributed by atoms with E-state index >= 15 is 0 Å². The van der Waals surface area contributed by atoms with Gasteiger partial charge in [-0.1, -0.05) is 12.1 Å². The van der Waals surface area contributed by atoms with Crippen LogP contribution in [0.4, 0.5) is 5.69 Å². The maximum absolute atomic E-state index is 12.7. The number of aryl methyl sites for hydroxylation is 1. The number of anilines is 1. The highest BCUT2D eigenvalue weighted by atomic mass is 16.5. The van der Waals surface area contributed by atoms with Gasteiger partial charge < -0.3 is 15.0 Å². The Labute approximate surface area is 155 Å². The number of likely N-dealkylation sites (N-methyl/N-ethyl adjacent to an activating group) is 1. The Kier molecular flexibility index (Phi) is 4.23. The summed E-state index contributed by atoms with van der Waals surface area (Å²) in [5, 5.41) is 7.85. The average Bonchev–Trinajstić information content (AvgIpc) is 3.07. The fourth-order valence-electron chi connectivity index (χ4n) is 3.14. The van der Waals surface area contributed by atoms with Crippen LogP contribution in [0.3, 0.4) is 0 Å². The Balaban J connectivity index is 1.57. The van der Waals surface area contributed by atoms with E-state index < -0.39 is 11.9 Å². The third kappa shape index (κ3) is 2.99. The van der Waals surface area contributed by atoms with Crippen molar-refractivity contribution in [3.63, 3.8) is 0 Å². The van der Waals surface area contributed by atoms with Gasteiger partial charge in [-0.05, 0) is 25.1 Å². The Morgan fingerprint density at radius 3 is 2.96 bits per heavy atom. The molecule has 2 amide bonds. The van der Waals surface area contributed by atoms with Crippen LogP contribution in [-0.2, 0) is 11.3 Å². The van der Waals surface area contributed by atoms with E-state index in [9.17, 15) is 9.59 Å². The van der Waals surface area contributed by atoms with Gasteiger partial charge in [-0.25, -0.2) is 0 Å². The molecule has 0 spiro atoms. The van der Waals surface area contributed by atoms with E-state index in [1.165, 1.54) is 4.90 Å². The average molecular weight is 365 g/mol. The molecule has 0 aliphatic carbocycles. The Morgan fingerprint density at radius 2 is 2.15 bits per heavy atom. The zero-order valence-electron chi connectivity index (χ0n) is 15.0. The fourth-order valence-corrected chi connectivity index (χ4v) is 3.14. The topological polar surface area (TPSA) is 89.3 Å². The van der Waals surface area contributed by atoms with Crippen molar-refractivity contribution in [2.75, 3.05) is 18.6 Å². The third-order valence-corrected chi connectivity index (χ3v) is 4.62. The molecule has 0 bridgehead atoms. The van der Waals surface area contributed by atoms with Crippen LogP contribution in [0.2, 0.25) is 0 Å². The lowest BCUT2D eigenvalue weighted by Crippen LogP contribution is -2.49. The summed E-state index contributed by atoms with van der Waals surface area (Å²) in [7, 11) is 1.67. The van der Waals surface area contributed by atoms with Gasteiger partial charge in [0.1, 0.15) is 24.1 Å². The number of rotatable bonds is 3. The van der Waals surface area contributed by atoms with Crippen LogP contribution in [0.25, 0.3) is 10.9 Å². The zero-order valence-corrected chi connectivity index (χ0v) is 15.0. The Bertz CT molecular complexity index is 1030. The van der Waals surface area contributed by atoms with E-state index in [0.29, 0.717) is 18.0 Å². The van der Waals surface area contributed by atoms with Crippen molar-refractivity contribution in [1.29, 1.82) is 0 Å². The summed E-state index contributed by atoms with van der Waals surface area (Å²) in [6.45, 7) is 2.72. The van der Waals surface area contributed by atoms with Crippen LogP contribution in [0, 0.1) is 0 Å². The number of amides is 2. The van der Waals surface area contributed by atoms with Gasteiger partial charge in [0.05, 0.1) is 17.4 Å². The molecular formula is C19H19N5O3. The second-order valence-corrected chi connectivity index (χ2v) is 6.29. The lowest BCUT2D eigenvalue weighted by molar-refractivity contribution is -0.120. The van der Waals surface area contributed by atoms with Crippen molar-refractivity contribution >= 4 is 28.4 Å². The summed E-state index contributed by atoms with van der Waals surface area (Å²) < 4.78 is 7.51. The lowest BCUT2D eigenvalue weighted by atomic mass is 10.2. The number of nitrogens with one attached hydrogen (secondary N) is 1. The highest BCUT2D eigenvalue weighted by Crippen LogP contribution is 2.29. The normalized spacial score (nSPS) is 16.6. The van der Waals surface area contributed by atoms with Crippen molar-refractivity contribution in [2.45, 2.75) is 19.5 Å². The van der Waals surface area contributed by atoms with E-state index in [0.717, 1.165) is 10.9 Å². The number of fused-ring (bicyclic) bond motifs is 2. The number of aromatic nitrogens is 3. The number of hydrogen-bond donors (Lipinski definition) is 1. The summed E-state index contributed by atoms with van der Waals surface area (Å²) >= 11 is 0. The van der Waals surface area contributed by atoms with Crippen molar-refractivity contribution in [2.24, 2.45) is 0 Å². The van der Waals surface area contributed by atoms with E-state index in [-0.39, 0.29) is 18.2 Å². The largest absolute Gasteiger partial charge is 0.489 e. The number of ether oxygens (including phenoxy) is 1. The van der Waals surface area contributed by atoms with E-state index in [4.69, 9.17) is 4.74 Å². The SMILES string of the molecule is CCn1ncc2cnc(C(=O)N[C@H]3COc4ccccc4N(C)C3=O)cc21. The predicted molar refractivity (Wildman–Crippen MR) is 99.8 cm³/mol. The lowest BCUT2D eigenvalue weighted by Gasteiger charge is -2.20. The summed E-state index contributed by atoms with van der Waals surface area (Å²) in [5.41, 5.74) is 1.73. The van der Waals surface area contributed by atoms with Crippen LogP contribution >= 0.6 is 0 Å². The maximum Gasteiger partial charge on any atom is 0.270 e. The monoisotopic (exact) mass is 365 g/mol. The minimum Gasteiger partial charge on any atom is -0.489 e. The number of carbonyl (C=O) groups excluding carboxylic acids is 2. The number of carbonyl (C=O) groups is 2. The van der Waals surface area contributed by atoms with E-state index in [2.05, 4.69) is 15.4 Å². The molecule has 0 fully saturated rings. The third-order valence-electron chi connectivity index (χ3n) is 4.62. The first-order valence-electron chi connectivity index (χ1n) is 8.70. The van der Waals surface area contributed by atoms with Crippen LogP contribution < -0.4 is 15.0 Å². The minimum atomic E-state index is -0.802. The fraction of sp³-hybridized carbons (Fsp3) is 0.263. The first kappa shape index (κ1) is 17.0. The van der Waals surface area contributed by atoms with Crippen molar-refractivity contribution < 1.29 is 14.3 Å². The molecule has 138 valence electrons. The molecule has 3 heterocycles. The van der Waals surface area contributed by atoms with Crippen LogP contribution in [0.1, 0.15) is 17.4 Å². The molecule has 0 radical (unpaired) electrons. The zero-order chi connectivity index (χ0) is 19.0. The van der Waals surface area contributed by atoms with Gasteiger partial charge in [0.15, 0.2) is 0 Å². The summed E-state index contributed by atoms with van der Waals surface area (Å²) in [6, 6.07) is 8.15. The maximum atomic E-state index is 12.7. The van der Waals surface area contributed by atoms with Gasteiger partial charge in [0.25, 0.3) is 11.8 Å². The molecular weight excluding hydrogens is 346 g/mol. The summed E-state index contributed by atoms with van der Waals surface area (Å²) in [6.07, 6.45) is 3.32. The van der Waals surface area contributed by atoms with Gasteiger partial charge in [0.2, 0.25) is 0 Å². The molecule has 1 aromatic carbocycles. The standard InChI is InChI=1S/C19H19N5O3/c1-3-24-16-8-13(20-9-12(16)10-21-24)18(25)22-14-11-27-17-7-5-4-6-15(17)23(2)19(14)26/h4-10,14H,3,11H2,1-2H3,(H,22,25)/t14-/m0/s1. The molecule has 27 heavy (non-hydrogen) atoms. The van der Waals surface area contributed by atoms with Crippen molar-refractivity contribution in [3.05, 3.63) is 48.4 Å². The Morgan fingerprint density at radius 1 is 1.33 bits per heavy atom. The van der Waals surface area contributed by atoms with Crippen molar-refractivity contribution in [1.82, 2.24) is 20.1 Å². The van der Waals surface area contributed by atoms with Gasteiger partial charge in [0, 0.05) is 25.2 Å². The molecule has 0 saturated carbocycles. The van der Waals surface area contributed by atoms with Gasteiger partial charge in [-0.15, -0.1) is 0 Å². The molecule has 1 aliphatic heterocycles. The van der Waals surface area contributed by atoms with Gasteiger partial charge in [-0.3, -0.25) is 19.3 Å². The molecule has 1 aliphatic rings. The molecule has 2 aromatic heterocycles. The molecule has 8 heteroatoms. The summed E-state index contributed by atoms with van der Waals surface area (Å²) in [5.74, 6) is -0.0634. The van der Waals surface area contributed by atoms with Crippen LogP contribution in [0.15, 0.2) is 42.7 Å². The predicted octanol–water partition coefficient (Wildman–Crippen LogP) is 1.60. The number of benzene rings is 1. The first-order chi connectivity index (χ1) is 13.1. The molecule has 0 saturated heterocycles. The minimum absolute atomic E-state index is 0.0566. The van der Waals surface area contributed by atoms with Gasteiger partial charge in [-0.2, -0.15) is 5.10 Å². The second-order valence-electron chi connectivity index (χ2n) is 6.29. The van der Waals surface area contributed by atoms with E-state index in [1.807, 2.05) is 19.1 Å². The molecule has 4 rings (SSSR count). The smallest absolute Gasteiger partial charge is 0.270 e. The summed E-state index contributed by atoms with van der Waals surface area (Å²) in [4.78, 5) is 31.1. The number of hydrogen-bond acceptors (Lipinski definition) is 5. The van der Waals surface area contributed by atoms with Crippen LogP contribution in [-0.4, -0.2) is 46.3 Å². The molecule has 1 N–H and O–H groups in total. The molecule has 3 aromatic rings. The van der Waals surface area contributed by atoms with Crippen molar-refractivity contribution in [3.8, 4) is 5.75 Å². The number of nitrogens with zero attached hydrogens (tertiary/aromatic N) is 4. The Hall–Kier alpha value is -3.42. The van der Waals surface area contributed by atoms with Crippen LogP contribution in [0.5, 0.6) is 5.75 Å². The van der Waals surface area contributed by atoms with Gasteiger partial charge >= 0.3 is 0 Å². The number of para-hydroxylation sites is 2. The molecule has 0 unspecified atom stereocenters. The van der Waals surface area contributed by atoms with E-state index in [1.54, 1.807) is 42.3 Å². The highest BCUT2D eigenvalue weighted by Gasteiger charge is 2.30. The quantitative estimate of drug-likeness (QED) is 0.762. The molecule has 8 nitrogen and oxygen atoms in total. The first-order valence-corrected chi connectivity index (χ1v) is 8.70. The highest BCUT2D eigenvalue weighted by molar-refractivity contribution is 6.03. The second kappa shape index (κ2) is 6.71.